The fraction of sp³-hybridized carbons (Fsp3) is 0.375. The third-order valence-corrected chi connectivity index (χ3v) is 4.27. The summed E-state index contributed by atoms with van der Waals surface area (Å²) in [7, 11) is 2.06. The number of halogens is 1. The van der Waals surface area contributed by atoms with Gasteiger partial charge in [-0.3, -0.25) is 0 Å². The Bertz CT molecular complexity index is 699. The van der Waals surface area contributed by atoms with Crippen molar-refractivity contribution in [2.24, 2.45) is 0 Å². The molecule has 2 aromatic rings. The molecule has 1 aliphatic rings. The molecule has 2 heterocycles. The van der Waals surface area contributed by atoms with E-state index in [9.17, 15) is 9.90 Å². The fourth-order valence-electron chi connectivity index (χ4n) is 2.75. The third kappa shape index (κ3) is 3.33. The molecule has 1 N–H and O–H groups in total. The van der Waals surface area contributed by atoms with Crippen molar-refractivity contribution in [1.29, 1.82) is 0 Å². The Hall–Kier alpha value is -2.05. The van der Waals surface area contributed by atoms with Gasteiger partial charge in [-0.05, 0) is 44.3 Å². The number of carbonyl (C=O) groups is 1. The first-order valence-electron chi connectivity index (χ1n) is 7.48. The summed E-state index contributed by atoms with van der Waals surface area (Å²) in [6.45, 7) is 3.34. The molecule has 0 radical (unpaired) electrons. The molecule has 0 unspecified atom stereocenters. The first kappa shape index (κ1) is 15.8. The van der Waals surface area contributed by atoms with Crippen molar-refractivity contribution in [3.8, 4) is 11.3 Å². The second kappa shape index (κ2) is 6.60. The smallest absolute Gasteiger partial charge is 0.343 e. The predicted octanol–water partition coefficient (Wildman–Crippen LogP) is 2.84. The minimum Gasteiger partial charge on any atom is -0.477 e. The number of aromatic carboxylic acids is 1. The van der Waals surface area contributed by atoms with Crippen LogP contribution in [0.2, 0.25) is 5.02 Å². The number of nitrogens with zero attached hydrogens (tertiary/aromatic N) is 3. The van der Waals surface area contributed by atoms with Crippen molar-refractivity contribution in [2.75, 3.05) is 38.1 Å². The van der Waals surface area contributed by atoms with Crippen LogP contribution >= 0.6 is 11.6 Å². The normalized spacial score (nSPS) is 16.3. The Morgan fingerprint density at radius 2 is 1.96 bits per heavy atom. The van der Waals surface area contributed by atoms with Gasteiger partial charge in [-0.15, -0.1) is 0 Å². The van der Waals surface area contributed by atoms with E-state index in [1.54, 1.807) is 24.3 Å². The Kier molecular flexibility index (Phi) is 4.54. The second-order valence-electron chi connectivity index (χ2n) is 5.67. The summed E-state index contributed by atoms with van der Waals surface area (Å²) in [5.41, 5.74) is 0.759. The van der Waals surface area contributed by atoms with Crippen LogP contribution in [-0.4, -0.2) is 54.4 Å². The number of hydrogen-bond acceptors (Lipinski definition) is 5. The van der Waals surface area contributed by atoms with Crippen molar-refractivity contribution in [3.63, 3.8) is 0 Å². The summed E-state index contributed by atoms with van der Waals surface area (Å²) in [4.78, 5) is 16.0. The van der Waals surface area contributed by atoms with E-state index in [0.29, 0.717) is 16.4 Å². The van der Waals surface area contributed by atoms with Gasteiger partial charge in [0.2, 0.25) is 0 Å². The van der Waals surface area contributed by atoms with Crippen molar-refractivity contribution >= 4 is 23.4 Å². The van der Waals surface area contributed by atoms with E-state index >= 15 is 0 Å². The SMILES string of the molecule is CN1CCCN(c2noc(-c3ccc(Cl)cc3)c2C(=O)O)CC1. The molecule has 6 nitrogen and oxygen atoms in total. The molecule has 0 atom stereocenters. The number of carboxylic acid groups (broad SMARTS) is 1. The van der Waals surface area contributed by atoms with E-state index in [2.05, 4.69) is 17.1 Å². The van der Waals surface area contributed by atoms with Crippen LogP contribution in [-0.2, 0) is 0 Å². The lowest BCUT2D eigenvalue weighted by atomic mass is 10.1. The largest absolute Gasteiger partial charge is 0.477 e. The Labute approximate surface area is 139 Å². The summed E-state index contributed by atoms with van der Waals surface area (Å²) in [6.07, 6.45) is 0.957. The highest BCUT2D eigenvalue weighted by molar-refractivity contribution is 6.30. The van der Waals surface area contributed by atoms with Crippen LogP contribution in [0.5, 0.6) is 0 Å². The highest BCUT2D eigenvalue weighted by Crippen LogP contribution is 2.32. The van der Waals surface area contributed by atoms with Crippen molar-refractivity contribution in [1.82, 2.24) is 10.1 Å². The topological polar surface area (TPSA) is 69.8 Å². The summed E-state index contributed by atoms with van der Waals surface area (Å²) in [6, 6.07) is 6.86. The molecule has 7 heteroatoms. The van der Waals surface area contributed by atoms with Crippen LogP contribution in [0.4, 0.5) is 5.82 Å². The maximum atomic E-state index is 11.8. The average molecular weight is 336 g/mol. The molecule has 1 saturated heterocycles. The standard InChI is InChI=1S/C16H18ClN3O3/c1-19-7-2-8-20(10-9-19)15-13(16(21)22)14(23-18-15)11-3-5-12(17)6-4-11/h3-6H,2,7-10H2,1H3,(H,21,22). The van der Waals surface area contributed by atoms with Crippen LogP contribution in [0.3, 0.4) is 0 Å². The first-order chi connectivity index (χ1) is 11.1. The fourth-order valence-corrected chi connectivity index (χ4v) is 2.87. The molecular weight excluding hydrogens is 318 g/mol. The summed E-state index contributed by atoms with van der Waals surface area (Å²) >= 11 is 5.88. The zero-order chi connectivity index (χ0) is 16.4. The van der Waals surface area contributed by atoms with Crippen molar-refractivity contribution in [2.45, 2.75) is 6.42 Å². The van der Waals surface area contributed by atoms with E-state index in [0.717, 1.165) is 32.6 Å². The minimum atomic E-state index is -1.04. The Morgan fingerprint density at radius 3 is 2.65 bits per heavy atom. The molecule has 3 rings (SSSR count). The number of benzene rings is 1. The van der Waals surface area contributed by atoms with Gasteiger partial charge in [0.05, 0.1) is 0 Å². The summed E-state index contributed by atoms with van der Waals surface area (Å²) < 4.78 is 5.37. The van der Waals surface area contributed by atoms with E-state index in [-0.39, 0.29) is 11.3 Å². The lowest BCUT2D eigenvalue weighted by Gasteiger charge is -2.19. The van der Waals surface area contributed by atoms with Gasteiger partial charge in [-0.1, -0.05) is 16.8 Å². The van der Waals surface area contributed by atoms with Gasteiger partial charge in [0, 0.05) is 30.2 Å². The van der Waals surface area contributed by atoms with E-state index in [1.165, 1.54) is 0 Å². The van der Waals surface area contributed by atoms with Crippen LogP contribution in [0.1, 0.15) is 16.8 Å². The number of rotatable bonds is 3. The van der Waals surface area contributed by atoms with Crippen LogP contribution in [0.25, 0.3) is 11.3 Å². The number of anilines is 1. The lowest BCUT2D eigenvalue weighted by molar-refractivity contribution is 0.0698. The number of carboxylic acids is 1. The van der Waals surface area contributed by atoms with E-state index in [1.807, 2.05) is 4.90 Å². The summed E-state index contributed by atoms with van der Waals surface area (Å²) in [5.74, 6) is -0.372. The molecule has 1 aliphatic heterocycles. The monoisotopic (exact) mass is 335 g/mol. The number of hydrogen-bond donors (Lipinski definition) is 1. The average Bonchev–Trinajstić information content (AvgIpc) is 2.85. The van der Waals surface area contributed by atoms with Crippen molar-refractivity contribution < 1.29 is 14.4 Å². The molecule has 0 aliphatic carbocycles. The minimum absolute atomic E-state index is 0.108. The van der Waals surface area contributed by atoms with E-state index in [4.69, 9.17) is 16.1 Å². The molecule has 1 fully saturated rings. The molecule has 1 aromatic carbocycles. The molecule has 0 bridgehead atoms. The van der Waals surface area contributed by atoms with Crippen molar-refractivity contribution in [3.05, 3.63) is 34.9 Å². The van der Waals surface area contributed by atoms with Crippen LogP contribution < -0.4 is 4.90 Å². The van der Waals surface area contributed by atoms with Crippen LogP contribution in [0, 0.1) is 0 Å². The van der Waals surface area contributed by atoms with Gasteiger partial charge < -0.3 is 19.4 Å². The molecule has 0 spiro atoms. The van der Waals surface area contributed by atoms with Gasteiger partial charge in [-0.25, -0.2) is 4.79 Å². The predicted molar refractivity (Wildman–Crippen MR) is 88.2 cm³/mol. The zero-order valence-corrected chi connectivity index (χ0v) is 13.6. The molecule has 0 saturated carbocycles. The second-order valence-corrected chi connectivity index (χ2v) is 6.10. The molecule has 0 amide bonds. The third-order valence-electron chi connectivity index (χ3n) is 4.01. The molecule has 23 heavy (non-hydrogen) atoms. The Balaban J connectivity index is 1.98. The number of aromatic nitrogens is 1. The quantitative estimate of drug-likeness (QED) is 0.930. The Morgan fingerprint density at radius 1 is 1.22 bits per heavy atom. The highest BCUT2D eigenvalue weighted by atomic mass is 35.5. The molecule has 1 aromatic heterocycles. The van der Waals surface area contributed by atoms with Crippen LogP contribution in [0.15, 0.2) is 28.8 Å². The maximum Gasteiger partial charge on any atom is 0.343 e. The van der Waals surface area contributed by atoms with Gasteiger partial charge in [-0.2, -0.15) is 0 Å². The maximum absolute atomic E-state index is 11.8. The van der Waals surface area contributed by atoms with Gasteiger partial charge in [0.1, 0.15) is 0 Å². The summed E-state index contributed by atoms with van der Waals surface area (Å²) in [5, 5.41) is 14.3. The van der Waals surface area contributed by atoms with Gasteiger partial charge >= 0.3 is 5.97 Å². The zero-order valence-electron chi connectivity index (χ0n) is 12.8. The molecular formula is C16H18ClN3O3. The van der Waals surface area contributed by atoms with E-state index < -0.39 is 5.97 Å². The highest BCUT2D eigenvalue weighted by Gasteiger charge is 2.28. The molecule has 122 valence electrons. The first-order valence-corrected chi connectivity index (χ1v) is 7.86. The number of likely N-dealkylation sites (N-methyl/N-ethyl adjacent to an activating group) is 1. The van der Waals surface area contributed by atoms with Gasteiger partial charge in [0.25, 0.3) is 0 Å². The lowest BCUT2D eigenvalue weighted by Crippen LogP contribution is -2.30. The van der Waals surface area contributed by atoms with Gasteiger partial charge in [0.15, 0.2) is 17.1 Å².